The number of H-pyrrole nitrogens is 1. The average molecular weight is 311 g/mol. The van der Waals surface area contributed by atoms with E-state index < -0.39 is 0 Å². The van der Waals surface area contributed by atoms with Crippen LogP contribution in [0.15, 0.2) is 36.8 Å². The molecule has 1 saturated heterocycles. The highest BCUT2D eigenvalue weighted by Gasteiger charge is 2.21. The van der Waals surface area contributed by atoms with E-state index in [0.29, 0.717) is 24.8 Å². The van der Waals surface area contributed by atoms with Crippen LogP contribution in [0.3, 0.4) is 0 Å². The van der Waals surface area contributed by atoms with Crippen molar-refractivity contribution >= 4 is 11.6 Å². The Balaban J connectivity index is 1.44. The first-order valence-electron chi connectivity index (χ1n) is 7.63. The second-order valence-corrected chi connectivity index (χ2v) is 5.64. The first kappa shape index (κ1) is 14.0. The summed E-state index contributed by atoms with van der Waals surface area (Å²) in [7, 11) is 0. The van der Waals surface area contributed by atoms with E-state index in [4.69, 9.17) is 4.74 Å². The molecular formula is C16H17N5O2. The van der Waals surface area contributed by atoms with Gasteiger partial charge < -0.3 is 14.5 Å². The fraction of sp³-hybridized carbons (Fsp3) is 0.312. The number of imidazole rings is 1. The minimum absolute atomic E-state index is 0.194. The lowest BCUT2D eigenvalue weighted by molar-refractivity contribution is 0.0946. The highest BCUT2D eigenvalue weighted by atomic mass is 16.5. The molecule has 0 bridgehead atoms. The summed E-state index contributed by atoms with van der Waals surface area (Å²) >= 11 is 0. The third-order valence-electron chi connectivity index (χ3n) is 4.14. The molecule has 7 nitrogen and oxygen atoms in total. The van der Waals surface area contributed by atoms with Gasteiger partial charge in [0.1, 0.15) is 11.3 Å². The van der Waals surface area contributed by atoms with E-state index in [1.54, 1.807) is 6.20 Å². The number of rotatable bonds is 4. The number of amides is 1. The van der Waals surface area contributed by atoms with E-state index in [1.807, 2.05) is 35.0 Å². The van der Waals surface area contributed by atoms with Gasteiger partial charge in [0.15, 0.2) is 0 Å². The zero-order valence-electron chi connectivity index (χ0n) is 12.5. The molecule has 0 aliphatic carbocycles. The minimum Gasteiger partial charge on any atom is -0.381 e. The molecule has 1 aliphatic rings. The van der Waals surface area contributed by atoms with Crippen LogP contribution in [-0.4, -0.2) is 38.7 Å². The number of nitrogens with zero attached hydrogens (tertiary/aromatic N) is 3. The van der Waals surface area contributed by atoms with Crippen LogP contribution in [0.25, 0.3) is 5.65 Å². The highest BCUT2D eigenvalue weighted by molar-refractivity contribution is 5.92. The second kappa shape index (κ2) is 5.85. The minimum atomic E-state index is -0.194. The molecule has 2 N–H and O–H groups in total. The number of aromatic nitrogens is 4. The fourth-order valence-electron chi connectivity index (χ4n) is 2.85. The van der Waals surface area contributed by atoms with Gasteiger partial charge in [-0.1, -0.05) is 6.07 Å². The Labute approximate surface area is 132 Å². The van der Waals surface area contributed by atoms with Crippen molar-refractivity contribution in [2.75, 3.05) is 13.2 Å². The molecule has 0 spiro atoms. The maximum atomic E-state index is 12.3. The Bertz CT molecular complexity index is 832. The zero-order valence-corrected chi connectivity index (χ0v) is 12.5. The lowest BCUT2D eigenvalue weighted by Gasteiger charge is -2.05. The molecule has 1 unspecified atom stereocenters. The van der Waals surface area contributed by atoms with Crippen molar-refractivity contribution in [1.29, 1.82) is 0 Å². The summed E-state index contributed by atoms with van der Waals surface area (Å²) in [6.45, 7) is 1.86. The molecule has 23 heavy (non-hydrogen) atoms. The molecule has 4 heterocycles. The Morgan fingerprint density at radius 1 is 1.48 bits per heavy atom. The van der Waals surface area contributed by atoms with Gasteiger partial charge in [0.25, 0.3) is 5.91 Å². The van der Waals surface area contributed by atoms with Gasteiger partial charge in [-0.3, -0.25) is 9.89 Å². The molecule has 1 aliphatic heterocycles. The van der Waals surface area contributed by atoms with E-state index in [9.17, 15) is 4.79 Å². The molecule has 3 aromatic heterocycles. The summed E-state index contributed by atoms with van der Waals surface area (Å²) in [5.74, 6) is 0.114. The summed E-state index contributed by atoms with van der Waals surface area (Å²) in [5, 5.41) is 9.95. The van der Waals surface area contributed by atoms with E-state index >= 15 is 0 Å². The number of aromatic amines is 1. The number of fused-ring (bicyclic) bond motifs is 1. The van der Waals surface area contributed by atoms with Crippen molar-refractivity contribution in [2.45, 2.75) is 18.9 Å². The number of hydrogen-bond donors (Lipinski definition) is 2. The number of ether oxygens (including phenoxy) is 1. The van der Waals surface area contributed by atoms with E-state index in [0.717, 1.165) is 29.9 Å². The van der Waals surface area contributed by atoms with Gasteiger partial charge in [-0.15, -0.1) is 0 Å². The Kier molecular flexibility index (Phi) is 3.55. The Morgan fingerprint density at radius 2 is 2.43 bits per heavy atom. The summed E-state index contributed by atoms with van der Waals surface area (Å²) in [4.78, 5) is 16.6. The van der Waals surface area contributed by atoms with Crippen LogP contribution in [0.5, 0.6) is 0 Å². The van der Waals surface area contributed by atoms with Gasteiger partial charge in [-0.25, -0.2) is 4.98 Å². The first-order valence-corrected chi connectivity index (χ1v) is 7.63. The Hall–Kier alpha value is -2.67. The summed E-state index contributed by atoms with van der Waals surface area (Å²) in [5.41, 5.74) is 3.18. The number of pyridine rings is 1. The fourth-order valence-corrected chi connectivity index (χ4v) is 2.85. The van der Waals surface area contributed by atoms with Gasteiger partial charge in [0.2, 0.25) is 0 Å². The molecule has 1 atom stereocenters. The van der Waals surface area contributed by atoms with Gasteiger partial charge >= 0.3 is 0 Å². The van der Waals surface area contributed by atoms with E-state index in [1.165, 1.54) is 0 Å². The molecule has 118 valence electrons. The predicted molar refractivity (Wildman–Crippen MR) is 83.1 cm³/mol. The van der Waals surface area contributed by atoms with Crippen molar-refractivity contribution in [2.24, 2.45) is 0 Å². The van der Waals surface area contributed by atoms with Crippen LogP contribution in [0.1, 0.15) is 34.1 Å². The monoisotopic (exact) mass is 311 g/mol. The third kappa shape index (κ3) is 2.70. The summed E-state index contributed by atoms with van der Waals surface area (Å²) in [6.07, 6.45) is 6.51. The zero-order chi connectivity index (χ0) is 15.6. The quantitative estimate of drug-likeness (QED) is 0.764. The largest absolute Gasteiger partial charge is 0.381 e. The number of carbonyl (C=O) groups is 1. The molecule has 1 fully saturated rings. The average Bonchev–Trinajstić information content (AvgIpc) is 3.32. The SMILES string of the molecule is O=C(NCc1cccn2ccnc12)c1cc(C2CCOC2)[nH]n1. The first-order chi connectivity index (χ1) is 11.3. The molecule has 0 radical (unpaired) electrons. The number of carbonyl (C=O) groups excluding carboxylic acids is 1. The van der Waals surface area contributed by atoms with Crippen LogP contribution >= 0.6 is 0 Å². The second-order valence-electron chi connectivity index (χ2n) is 5.64. The van der Waals surface area contributed by atoms with Gasteiger partial charge in [-0.05, 0) is 18.6 Å². The summed E-state index contributed by atoms with van der Waals surface area (Å²) < 4.78 is 7.29. The van der Waals surface area contributed by atoms with Crippen LogP contribution < -0.4 is 5.32 Å². The topological polar surface area (TPSA) is 84.3 Å². The summed E-state index contributed by atoms with van der Waals surface area (Å²) in [6, 6.07) is 5.70. The van der Waals surface area contributed by atoms with Crippen molar-refractivity contribution in [3.05, 3.63) is 53.7 Å². The van der Waals surface area contributed by atoms with Crippen LogP contribution in [0.2, 0.25) is 0 Å². The van der Waals surface area contributed by atoms with E-state index in [-0.39, 0.29) is 5.91 Å². The normalized spacial score (nSPS) is 17.7. The third-order valence-corrected chi connectivity index (χ3v) is 4.14. The molecule has 0 saturated carbocycles. The van der Waals surface area contributed by atoms with E-state index in [2.05, 4.69) is 20.5 Å². The lowest BCUT2D eigenvalue weighted by Crippen LogP contribution is -2.23. The Morgan fingerprint density at radius 3 is 3.30 bits per heavy atom. The van der Waals surface area contributed by atoms with Crippen LogP contribution in [-0.2, 0) is 11.3 Å². The predicted octanol–water partition coefficient (Wildman–Crippen LogP) is 1.49. The molecule has 7 heteroatoms. The van der Waals surface area contributed by atoms with Crippen LogP contribution in [0, 0.1) is 0 Å². The van der Waals surface area contributed by atoms with Crippen LogP contribution in [0.4, 0.5) is 0 Å². The molecular weight excluding hydrogens is 294 g/mol. The molecule has 3 aromatic rings. The number of hydrogen-bond acceptors (Lipinski definition) is 4. The van der Waals surface area contributed by atoms with Crippen molar-refractivity contribution in [3.8, 4) is 0 Å². The smallest absolute Gasteiger partial charge is 0.272 e. The van der Waals surface area contributed by atoms with Gasteiger partial charge in [0.05, 0.1) is 6.61 Å². The van der Waals surface area contributed by atoms with Crippen molar-refractivity contribution in [1.82, 2.24) is 24.9 Å². The molecule has 0 aromatic carbocycles. The molecule has 4 rings (SSSR count). The van der Waals surface area contributed by atoms with Crippen molar-refractivity contribution in [3.63, 3.8) is 0 Å². The van der Waals surface area contributed by atoms with Crippen molar-refractivity contribution < 1.29 is 9.53 Å². The number of nitrogens with one attached hydrogen (secondary N) is 2. The van der Waals surface area contributed by atoms with Gasteiger partial charge in [-0.2, -0.15) is 5.10 Å². The molecule has 1 amide bonds. The maximum absolute atomic E-state index is 12.3. The highest BCUT2D eigenvalue weighted by Crippen LogP contribution is 2.23. The standard InChI is InChI=1S/C16H17N5O2/c22-16(14-8-13(19-20-14)12-3-7-23-10-12)18-9-11-2-1-5-21-6-4-17-15(11)21/h1-2,4-6,8,12H,3,7,9-10H2,(H,18,22)(H,19,20). The maximum Gasteiger partial charge on any atom is 0.272 e. The lowest BCUT2D eigenvalue weighted by atomic mass is 10.1. The van der Waals surface area contributed by atoms with Gasteiger partial charge in [0, 0.05) is 48.9 Å².